The quantitative estimate of drug-likeness (QED) is 0.838. The van der Waals surface area contributed by atoms with Gasteiger partial charge in [-0.3, -0.25) is 4.79 Å². The van der Waals surface area contributed by atoms with Gasteiger partial charge >= 0.3 is 0 Å². The zero-order valence-electron chi connectivity index (χ0n) is 10.9. The lowest BCUT2D eigenvalue weighted by Crippen LogP contribution is -2.37. The molecule has 0 aliphatic carbocycles. The summed E-state index contributed by atoms with van der Waals surface area (Å²) in [5.74, 6) is -0.305. The third-order valence-corrected chi connectivity index (χ3v) is 3.77. The van der Waals surface area contributed by atoms with Gasteiger partial charge in [0.1, 0.15) is 6.07 Å². The molecular formula is C14H17N3O2. The first-order chi connectivity index (χ1) is 9.00. The second kappa shape index (κ2) is 4.90. The van der Waals surface area contributed by atoms with Gasteiger partial charge in [0, 0.05) is 13.1 Å². The Balaban J connectivity index is 2.30. The number of carbonyl (C=O) groups is 1. The molecule has 5 nitrogen and oxygen atoms in total. The minimum Gasteiger partial charge on any atom is -0.392 e. The highest BCUT2D eigenvalue weighted by Crippen LogP contribution is 2.34. The lowest BCUT2D eigenvalue weighted by Gasteiger charge is -2.23. The van der Waals surface area contributed by atoms with Crippen LogP contribution in [0.4, 0.5) is 5.69 Å². The van der Waals surface area contributed by atoms with E-state index in [1.165, 1.54) is 0 Å². The van der Waals surface area contributed by atoms with Crippen LogP contribution in [0.15, 0.2) is 18.2 Å². The molecule has 3 N–H and O–H groups in total. The van der Waals surface area contributed by atoms with E-state index in [4.69, 9.17) is 10.8 Å². The predicted molar refractivity (Wildman–Crippen MR) is 71.2 cm³/mol. The fourth-order valence-electron chi connectivity index (χ4n) is 2.41. The number of carbonyl (C=O) groups excluding carboxylic acids is 1. The summed E-state index contributed by atoms with van der Waals surface area (Å²) in [5, 5.41) is 18.3. The number of hydrogen-bond donors (Lipinski definition) is 2. The van der Waals surface area contributed by atoms with Gasteiger partial charge in [-0.15, -0.1) is 0 Å². The number of benzene rings is 1. The maximum atomic E-state index is 11.5. The van der Waals surface area contributed by atoms with Gasteiger partial charge in [-0.25, -0.2) is 0 Å². The van der Waals surface area contributed by atoms with Gasteiger partial charge in [0.25, 0.3) is 0 Å². The van der Waals surface area contributed by atoms with E-state index in [1.807, 2.05) is 17.9 Å². The molecule has 0 spiro atoms. The second-order valence-electron chi connectivity index (χ2n) is 5.22. The van der Waals surface area contributed by atoms with Crippen LogP contribution >= 0.6 is 0 Å². The molecule has 1 unspecified atom stereocenters. The van der Waals surface area contributed by atoms with Gasteiger partial charge < -0.3 is 15.7 Å². The van der Waals surface area contributed by atoms with Gasteiger partial charge in [-0.05, 0) is 31.0 Å². The summed E-state index contributed by atoms with van der Waals surface area (Å²) in [7, 11) is 0. The largest absolute Gasteiger partial charge is 0.392 e. The Bertz CT molecular complexity index is 550. The first-order valence-electron chi connectivity index (χ1n) is 6.19. The molecule has 1 aliphatic heterocycles. The molecule has 1 aromatic carbocycles. The number of aliphatic hydroxyl groups excluding tert-OH is 1. The van der Waals surface area contributed by atoms with E-state index in [2.05, 4.69) is 6.07 Å². The van der Waals surface area contributed by atoms with Crippen molar-refractivity contribution in [2.24, 2.45) is 11.1 Å². The first-order valence-corrected chi connectivity index (χ1v) is 6.19. The van der Waals surface area contributed by atoms with E-state index in [0.717, 1.165) is 5.69 Å². The van der Waals surface area contributed by atoms with E-state index in [1.54, 1.807) is 12.1 Å². The van der Waals surface area contributed by atoms with Crippen molar-refractivity contribution in [3.8, 4) is 6.07 Å². The Hall–Kier alpha value is -2.06. The fourth-order valence-corrected chi connectivity index (χ4v) is 2.41. The van der Waals surface area contributed by atoms with Crippen molar-refractivity contribution >= 4 is 11.6 Å². The summed E-state index contributed by atoms with van der Waals surface area (Å²) in [5.41, 5.74) is 6.90. The fraction of sp³-hybridized carbons (Fsp3) is 0.429. The number of hydrogen-bond acceptors (Lipinski definition) is 4. The SMILES string of the molecule is CC1(C(N)=O)CCN(c2ccc(CO)cc2C#N)C1. The van der Waals surface area contributed by atoms with Crippen LogP contribution in [-0.2, 0) is 11.4 Å². The number of nitrogens with zero attached hydrogens (tertiary/aromatic N) is 2. The Kier molecular flexibility index (Phi) is 3.45. The van der Waals surface area contributed by atoms with Gasteiger partial charge in [-0.2, -0.15) is 5.26 Å². The van der Waals surface area contributed by atoms with Gasteiger partial charge in [-0.1, -0.05) is 6.07 Å². The smallest absolute Gasteiger partial charge is 0.225 e. The van der Waals surface area contributed by atoms with Crippen LogP contribution in [0, 0.1) is 16.7 Å². The van der Waals surface area contributed by atoms with Crippen molar-refractivity contribution in [2.75, 3.05) is 18.0 Å². The van der Waals surface area contributed by atoms with Gasteiger partial charge in [0.2, 0.25) is 5.91 Å². The Morgan fingerprint density at radius 3 is 2.89 bits per heavy atom. The number of primary amides is 1. The van der Waals surface area contributed by atoms with Crippen LogP contribution in [-0.4, -0.2) is 24.1 Å². The molecular weight excluding hydrogens is 242 g/mol. The second-order valence-corrected chi connectivity index (χ2v) is 5.22. The van der Waals surface area contributed by atoms with E-state index in [0.29, 0.717) is 30.6 Å². The van der Waals surface area contributed by atoms with Crippen molar-refractivity contribution in [3.63, 3.8) is 0 Å². The highest BCUT2D eigenvalue weighted by atomic mass is 16.3. The van der Waals surface area contributed by atoms with Crippen molar-refractivity contribution in [3.05, 3.63) is 29.3 Å². The molecule has 0 radical (unpaired) electrons. The van der Waals surface area contributed by atoms with Gasteiger partial charge in [0.15, 0.2) is 0 Å². The summed E-state index contributed by atoms with van der Waals surface area (Å²) in [6.45, 7) is 2.99. The van der Waals surface area contributed by atoms with Crippen molar-refractivity contribution in [1.29, 1.82) is 5.26 Å². The highest BCUT2D eigenvalue weighted by Gasteiger charge is 2.39. The third kappa shape index (κ3) is 2.40. The topological polar surface area (TPSA) is 90.3 Å². The molecule has 1 aliphatic rings. The van der Waals surface area contributed by atoms with E-state index >= 15 is 0 Å². The molecule has 0 saturated carbocycles. The van der Waals surface area contributed by atoms with Crippen molar-refractivity contribution in [2.45, 2.75) is 20.0 Å². The average Bonchev–Trinajstić information content (AvgIpc) is 2.82. The zero-order chi connectivity index (χ0) is 14.0. The molecule has 100 valence electrons. The Morgan fingerprint density at radius 2 is 2.37 bits per heavy atom. The molecule has 1 aromatic rings. The number of rotatable bonds is 3. The monoisotopic (exact) mass is 259 g/mol. The number of nitriles is 1. The zero-order valence-corrected chi connectivity index (χ0v) is 10.9. The molecule has 0 bridgehead atoms. The summed E-state index contributed by atoms with van der Waals surface area (Å²) < 4.78 is 0. The Labute approximate surface area is 112 Å². The lowest BCUT2D eigenvalue weighted by atomic mass is 9.89. The maximum Gasteiger partial charge on any atom is 0.225 e. The highest BCUT2D eigenvalue weighted by molar-refractivity contribution is 5.82. The van der Waals surface area contributed by atoms with Crippen LogP contribution in [0.3, 0.4) is 0 Å². The van der Waals surface area contributed by atoms with Crippen LogP contribution in [0.25, 0.3) is 0 Å². The van der Waals surface area contributed by atoms with Crippen LogP contribution in [0.1, 0.15) is 24.5 Å². The molecule has 1 saturated heterocycles. The number of aliphatic hydroxyl groups is 1. The van der Waals surface area contributed by atoms with Crippen LogP contribution < -0.4 is 10.6 Å². The third-order valence-electron chi connectivity index (χ3n) is 3.77. The maximum absolute atomic E-state index is 11.5. The number of amides is 1. The minimum atomic E-state index is -0.539. The van der Waals surface area contributed by atoms with Crippen molar-refractivity contribution in [1.82, 2.24) is 0 Å². The standard InChI is InChI=1S/C14H17N3O2/c1-14(13(16)19)4-5-17(9-14)12-3-2-10(8-18)6-11(12)7-15/h2-3,6,18H,4-5,8-9H2,1H3,(H2,16,19). The summed E-state index contributed by atoms with van der Waals surface area (Å²) >= 11 is 0. The van der Waals surface area contributed by atoms with E-state index < -0.39 is 5.41 Å². The summed E-state index contributed by atoms with van der Waals surface area (Å²) in [6.07, 6.45) is 0.689. The Morgan fingerprint density at radius 1 is 1.63 bits per heavy atom. The molecule has 1 amide bonds. The molecule has 1 atom stereocenters. The van der Waals surface area contributed by atoms with Gasteiger partial charge in [0.05, 0.1) is 23.3 Å². The molecule has 2 rings (SSSR count). The average molecular weight is 259 g/mol. The minimum absolute atomic E-state index is 0.0893. The van der Waals surface area contributed by atoms with E-state index in [-0.39, 0.29) is 12.5 Å². The van der Waals surface area contributed by atoms with Crippen LogP contribution in [0.5, 0.6) is 0 Å². The molecule has 1 fully saturated rings. The molecule has 5 heteroatoms. The normalized spacial score (nSPS) is 22.3. The van der Waals surface area contributed by atoms with Crippen molar-refractivity contribution < 1.29 is 9.90 Å². The number of anilines is 1. The summed E-state index contributed by atoms with van der Waals surface area (Å²) in [4.78, 5) is 13.5. The predicted octanol–water partition coefficient (Wildman–Crippen LogP) is 0.752. The first kappa shape index (κ1) is 13.4. The lowest BCUT2D eigenvalue weighted by molar-refractivity contribution is -0.125. The molecule has 0 aromatic heterocycles. The van der Waals surface area contributed by atoms with Crippen LogP contribution in [0.2, 0.25) is 0 Å². The summed E-state index contributed by atoms with van der Waals surface area (Å²) in [6, 6.07) is 7.41. The number of nitrogens with two attached hydrogens (primary N) is 1. The molecule has 1 heterocycles. The van der Waals surface area contributed by atoms with E-state index in [9.17, 15) is 10.1 Å². The molecule has 19 heavy (non-hydrogen) atoms.